The molecule has 2 fully saturated rings. The van der Waals surface area contributed by atoms with E-state index in [0.717, 1.165) is 13.1 Å². The van der Waals surface area contributed by atoms with Gasteiger partial charge in [0.2, 0.25) is 0 Å². The van der Waals surface area contributed by atoms with Crippen LogP contribution < -0.4 is 5.32 Å². The zero-order chi connectivity index (χ0) is 19.6. The molecular weight excluding hydrogens is 372 g/mol. The molecule has 1 unspecified atom stereocenters. The molecule has 1 saturated heterocycles. The zero-order valence-electron chi connectivity index (χ0n) is 15.9. The molecule has 1 heterocycles. The third kappa shape index (κ3) is 3.98. The second-order valence-corrected chi connectivity index (χ2v) is 9.72. The molecule has 148 valence electrons. The van der Waals surface area contributed by atoms with Gasteiger partial charge < -0.3 is 10.2 Å². The molecule has 1 aliphatic heterocycles. The third-order valence-corrected chi connectivity index (χ3v) is 7.57. The molecule has 0 radical (unpaired) electrons. The van der Waals surface area contributed by atoms with Gasteiger partial charge in [-0.1, -0.05) is 36.8 Å². The Balaban J connectivity index is 1.54. The monoisotopic (exact) mass is 398 g/mol. The molecule has 0 spiro atoms. The molecule has 1 amide bonds. The zero-order valence-corrected chi connectivity index (χ0v) is 16.7. The fourth-order valence-electron chi connectivity index (χ4n) is 4.11. The first kappa shape index (κ1) is 19.2. The number of nitrogens with one attached hydrogen (secondary N) is 1. The SMILES string of the molecule is O=C(c1cccc(CS(=O)(=O)c2ccccc2)c1)N1CCNCC1C1CCC1. The third-order valence-electron chi connectivity index (χ3n) is 5.87. The lowest BCUT2D eigenvalue weighted by molar-refractivity contribution is 0.0447. The molecule has 2 aliphatic rings. The normalized spacial score (nSPS) is 20.6. The summed E-state index contributed by atoms with van der Waals surface area (Å²) in [6.45, 7) is 2.35. The Morgan fingerprint density at radius 3 is 2.57 bits per heavy atom. The molecule has 1 atom stereocenters. The summed E-state index contributed by atoms with van der Waals surface area (Å²) in [5, 5.41) is 3.41. The fraction of sp³-hybridized carbons (Fsp3) is 0.409. The average Bonchev–Trinajstić information content (AvgIpc) is 2.67. The maximum Gasteiger partial charge on any atom is 0.254 e. The summed E-state index contributed by atoms with van der Waals surface area (Å²) >= 11 is 0. The topological polar surface area (TPSA) is 66.5 Å². The fourth-order valence-corrected chi connectivity index (χ4v) is 5.47. The van der Waals surface area contributed by atoms with Crippen molar-refractivity contribution in [2.45, 2.75) is 36.0 Å². The van der Waals surface area contributed by atoms with Crippen molar-refractivity contribution in [2.75, 3.05) is 19.6 Å². The molecule has 28 heavy (non-hydrogen) atoms. The largest absolute Gasteiger partial charge is 0.333 e. The van der Waals surface area contributed by atoms with E-state index in [-0.39, 0.29) is 17.7 Å². The van der Waals surface area contributed by atoms with Gasteiger partial charge in [-0.3, -0.25) is 4.79 Å². The highest BCUT2D eigenvalue weighted by Crippen LogP contribution is 2.33. The van der Waals surface area contributed by atoms with Gasteiger partial charge in [0, 0.05) is 31.2 Å². The number of carbonyl (C=O) groups excluding carboxylic acids is 1. The van der Waals surface area contributed by atoms with E-state index in [4.69, 9.17) is 0 Å². The maximum atomic E-state index is 13.2. The smallest absolute Gasteiger partial charge is 0.254 e. The average molecular weight is 399 g/mol. The molecule has 0 aromatic heterocycles. The van der Waals surface area contributed by atoms with Gasteiger partial charge >= 0.3 is 0 Å². The number of hydrogen-bond acceptors (Lipinski definition) is 4. The number of piperazine rings is 1. The summed E-state index contributed by atoms with van der Waals surface area (Å²) in [4.78, 5) is 15.5. The van der Waals surface area contributed by atoms with E-state index in [9.17, 15) is 13.2 Å². The van der Waals surface area contributed by atoms with Crippen molar-refractivity contribution in [1.82, 2.24) is 10.2 Å². The van der Waals surface area contributed by atoms with Crippen LogP contribution in [0.3, 0.4) is 0 Å². The summed E-state index contributed by atoms with van der Waals surface area (Å²) in [5.74, 6) is 0.488. The molecule has 2 aromatic carbocycles. The number of nitrogens with zero attached hydrogens (tertiary/aromatic N) is 1. The van der Waals surface area contributed by atoms with Crippen LogP contribution in [-0.4, -0.2) is 44.9 Å². The summed E-state index contributed by atoms with van der Waals surface area (Å²) in [7, 11) is -3.43. The molecule has 1 aliphatic carbocycles. The van der Waals surface area contributed by atoms with Gasteiger partial charge in [0.05, 0.1) is 10.6 Å². The predicted molar refractivity (Wildman–Crippen MR) is 109 cm³/mol. The van der Waals surface area contributed by atoms with Crippen LogP contribution in [-0.2, 0) is 15.6 Å². The summed E-state index contributed by atoms with van der Waals surface area (Å²) in [6, 6.07) is 15.8. The predicted octanol–water partition coefficient (Wildman–Crippen LogP) is 2.87. The minimum absolute atomic E-state index is 0.0114. The van der Waals surface area contributed by atoms with Crippen molar-refractivity contribution in [3.8, 4) is 0 Å². The second kappa shape index (κ2) is 8.05. The summed E-state index contributed by atoms with van der Waals surface area (Å²) in [5.41, 5.74) is 1.22. The Kier molecular flexibility index (Phi) is 5.51. The first-order chi connectivity index (χ1) is 13.5. The van der Waals surface area contributed by atoms with E-state index < -0.39 is 9.84 Å². The Bertz CT molecular complexity index is 939. The molecule has 0 bridgehead atoms. The van der Waals surface area contributed by atoms with Crippen LogP contribution in [0.2, 0.25) is 0 Å². The van der Waals surface area contributed by atoms with Gasteiger partial charge in [0.1, 0.15) is 0 Å². The van der Waals surface area contributed by atoms with E-state index in [1.54, 1.807) is 54.6 Å². The van der Waals surface area contributed by atoms with Gasteiger partial charge in [-0.25, -0.2) is 8.42 Å². The molecule has 4 rings (SSSR count). The highest BCUT2D eigenvalue weighted by Gasteiger charge is 2.36. The molecular formula is C22H26N2O3S. The van der Waals surface area contributed by atoms with E-state index in [1.165, 1.54) is 19.3 Å². The van der Waals surface area contributed by atoms with E-state index in [2.05, 4.69) is 5.32 Å². The highest BCUT2D eigenvalue weighted by atomic mass is 32.2. The first-order valence-electron chi connectivity index (χ1n) is 9.93. The minimum atomic E-state index is -3.43. The van der Waals surface area contributed by atoms with Crippen molar-refractivity contribution in [1.29, 1.82) is 0 Å². The van der Waals surface area contributed by atoms with Crippen LogP contribution in [0.1, 0.15) is 35.2 Å². The molecule has 1 saturated carbocycles. The Hall–Kier alpha value is -2.18. The van der Waals surface area contributed by atoms with Crippen LogP contribution in [0.15, 0.2) is 59.5 Å². The summed E-state index contributed by atoms with van der Waals surface area (Å²) < 4.78 is 25.3. The summed E-state index contributed by atoms with van der Waals surface area (Å²) in [6.07, 6.45) is 3.62. The number of rotatable bonds is 5. The van der Waals surface area contributed by atoms with Crippen molar-refractivity contribution < 1.29 is 13.2 Å². The van der Waals surface area contributed by atoms with E-state index >= 15 is 0 Å². The van der Waals surface area contributed by atoms with Crippen LogP contribution in [0, 0.1) is 5.92 Å². The molecule has 5 nitrogen and oxygen atoms in total. The van der Waals surface area contributed by atoms with Gasteiger partial charge in [0.25, 0.3) is 5.91 Å². The van der Waals surface area contributed by atoms with Crippen LogP contribution in [0.25, 0.3) is 0 Å². The second-order valence-electron chi connectivity index (χ2n) is 7.73. The number of carbonyl (C=O) groups is 1. The van der Waals surface area contributed by atoms with E-state index in [1.807, 2.05) is 4.90 Å². The van der Waals surface area contributed by atoms with Crippen molar-refractivity contribution in [2.24, 2.45) is 5.92 Å². The Morgan fingerprint density at radius 2 is 1.86 bits per heavy atom. The molecule has 1 N–H and O–H groups in total. The first-order valence-corrected chi connectivity index (χ1v) is 11.6. The quantitative estimate of drug-likeness (QED) is 0.841. The minimum Gasteiger partial charge on any atom is -0.333 e. The lowest BCUT2D eigenvalue weighted by atomic mass is 9.78. The molecule has 6 heteroatoms. The molecule has 2 aromatic rings. The number of benzene rings is 2. The van der Waals surface area contributed by atoms with Gasteiger partial charge in [-0.15, -0.1) is 0 Å². The van der Waals surface area contributed by atoms with Gasteiger partial charge in [-0.05, 0) is 48.6 Å². The van der Waals surface area contributed by atoms with Crippen LogP contribution in [0.4, 0.5) is 0 Å². The van der Waals surface area contributed by atoms with Crippen LogP contribution in [0.5, 0.6) is 0 Å². The lowest BCUT2D eigenvalue weighted by Gasteiger charge is -2.44. The van der Waals surface area contributed by atoms with Gasteiger partial charge in [-0.2, -0.15) is 0 Å². The van der Waals surface area contributed by atoms with E-state index in [0.29, 0.717) is 28.5 Å². The Morgan fingerprint density at radius 1 is 1.07 bits per heavy atom. The lowest BCUT2D eigenvalue weighted by Crippen LogP contribution is -2.57. The number of hydrogen-bond donors (Lipinski definition) is 1. The number of amides is 1. The standard InChI is InChI=1S/C22H26N2O3S/c25-22(24-13-12-23-15-21(24)18-7-5-8-18)19-9-4-6-17(14-19)16-28(26,27)20-10-2-1-3-11-20/h1-4,6,9-11,14,18,21,23H,5,7-8,12-13,15-16H2. The van der Waals surface area contributed by atoms with Crippen LogP contribution >= 0.6 is 0 Å². The van der Waals surface area contributed by atoms with Crippen molar-refractivity contribution in [3.05, 3.63) is 65.7 Å². The maximum absolute atomic E-state index is 13.2. The Labute approximate surface area is 166 Å². The number of sulfone groups is 1. The van der Waals surface area contributed by atoms with Crippen molar-refractivity contribution in [3.63, 3.8) is 0 Å². The van der Waals surface area contributed by atoms with Crippen molar-refractivity contribution >= 4 is 15.7 Å². The highest BCUT2D eigenvalue weighted by molar-refractivity contribution is 7.90. The van der Waals surface area contributed by atoms with Gasteiger partial charge in [0.15, 0.2) is 9.84 Å².